The van der Waals surface area contributed by atoms with Crippen LogP contribution in [0.25, 0.3) is 0 Å². The van der Waals surface area contributed by atoms with Crippen molar-refractivity contribution in [2.75, 3.05) is 18.6 Å². The van der Waals surface area contributed by atoms with Crippen LogP contribution in [-0.2, 0) is 14.3 Å². The van der Waals surface area contributed by atoms with Crippen molar-refractivity contribution in [2.45, 2.75) is 24.0 Å². The van der Waals surface area contributed by atoms with Gasteiger partial charge in [0, 0.05) is 4.90 Å². The summed E-state index contributed by atoms with van der Waals surface area (Å²) in [5.74, 6) is -0.215. The highest BCUT2D eigenvalue weighted by Gasteiger charge is 2.36. The molecule has 102 valence electrons. The maximum Gasteiger partial charge on any atom is 0.325 e. The summed E-state index contributed by atoms with van der Waals surface area (Å²) in [7, 11) is 1.33. The lowest BCUT2D eigenvalue weighted by atomic mass is 10.1. The highest BCUT2D eigenvalue weighted by Crippen LogP contribution is 2.41. The Morgan fingerprint density at radius 1 is 1.42 bits per heavy atom. The van der Waals surface area contributed by atoms with E-state index in [2.05, 4.69) is 4.74 Å². The minimum absolute atomic E-state index is 0.0240. The van der Waals surface area contributed by atoms with Gasteiger partial charge in [0.15, 0.2) is 0 Å². The first-order valence-corrected chi connectivity index (χ1v) is 7.06. The van der Waals surface area contributed by atoms with Crippen molar-refractivity contribution in [2.24, 2.45) is 5.92 Å². The van der Waals surface area contributed by atoms with E-state index in [0.717, 1.165) is 10.6 Å². The predicted molar refractivity (Wildman–Crippen MR) is 75.3 cm³/mol. The molecule has 1 aromatic rings. The van der Waals surface area contributed by atoms with Crippen LogP contribution in [0.15, 0.2) is 29.2 Å². The number of hydrogen-bond acceptors (Lipinski definition) is 4. The number of ether oxygens (including phenoxy) is 1. The number of hydrogen-bond donors (Lipinski definition) is 0. The van der Waals surface area contributed by atoms with Gasteiger partial charge in [-0.1, -0.05) is 26.0 Å². The molecule has 0 bridgehead atoms. The lowest BCUT2D eigenvalue weighted by molar-refractivity contribution is -0.140. The number of amides is 1. The van der Waals surface area contributed by atoms with Crippen molar-refractivity contribution in [1.82, 2.24) is 0 Å². The molecule has 1 amide bonds. The Morgan fingerprint density at radius 3 is 2.74 bits per heavy atom. The Kier molecular flexibility index (Phi) is 4.14. The van der Waals surface area contributed by atoms with Crippen LogP contribution in [0.2, 0.25) is 0 Å². The van der Waals surface area contributed by atoms with Crippen LogP contribution in [0.3, 0.4) is 0 Å². The molecule has 1 aliphatic rings. The van der Waals surface area contributed by atoms with Crippen LogP contribution in [-0.4, -0.2) is 30.8 Å². The summed E-state index contributed by atoms with van der Waals surface area (Å²) >= 11 is 1.57. The molecule has 0 fully saturated rings. The standard InChI is InChI=1S/C14H17NO3S/c1-9(2)13-14(17)15(8-12(16)18-3)10-6-4-5-7-11(10)19-13/h4-7,9,13H,8H2,1-3H3. The van der Waals surface area contributed by atoms with Gasteiger partial charge in [0.05, 0.1) is 18.0 Å². The van der Waals surface area contributed by atoms with Crippen molar-refractivity contribution in [1.29, 1.82) is 0 Å². The van der Waals surface area contributed by atoms with Crippen LogP contribution in [0.5, 0.6) is 0 Å². The van der Waals surface area contributed by atoms with E-state index in [1.54, 1.807) is 11.8 Å². The van der Waals surface area contributed by atoms with Gasteiger partial charge in [0.25, 0.3) is 0 Å². The molecule has 1 aromatic carbocycles. The monoisotopic (exact) mass is 279 g/mol. The largest absolute Gasteiger partial charge is 0.468 e. The first-order valence-electron chi connectivity index (χ1n) is 6.18. The molecule has 4 nitrogen and oxygen atoms in total. The zero-order valence-corrected chi connectivity index (χ0v) is 12.1. The molecule has 1 atom stereocenters. The number of methoxy groups -OCH3 is 1. The van der Waals surface area contributed by atoms with Crippen molar-refractivity contribution in [3.8, 4) is 0 Å². The van der Waals surface area contributed by atoms with Crippen molar-refractivity contribution >= 4 is 29.3 Å². The van der Waals surface area contributed by atoms with Crippen molar-refractivity contribution in [3.63, 3.8) is 0 Å². The van der Waals surface area contributed by atoms with Gasteiger partial charge in [0.2, 0.25) is 5.91 Å². The average molecular weight is 279 g/mol. The van der Waals surface area contributed by atoms with Crippen molar-refractivity contribution < 1.29 is 14.3 Å². The summed E-state index contributed by atoms with van der Waals surface area (Å²) in [4.78, 5) is 26.5. The van der Waals surface area contributed by atoms with Gasteiger partial charge in [-0.05, 0) is 18.1 Å². The molecule has 0 spiro atoms. The van der Waals surface area contributed by atoms with E-state index in [1.165, 1.54) is 12.0 Å². The fraction of sp³-hybridized carbons (Fsp3) is 0.429. The highest BCUT2D eigenvalue weighted by atomic mass is 32.2. The maximum absolute atomic E-state index is 12.5. The number of thioether (sulfide) groups is 1. The third-order valence-electron chi connectivity index (χ3n) is 3.04. The molecule has 0 aromatic heterocycles. The van der Waals surface area contributed by atoms with Crippen LogP contribution in [0, 0.1) is 5.92 Å². The zero-order chi connectivity index (χ0) is 14.0. The summed E-state index contributed by atoms with van der Waals surface area (Å²) in [6.07, 6.45) is 0. The second-order valence-electron chi connectivity index (χ2n) is 4.75. The Bertz CT molecular complexity index is 501. The zero-order valence-electron chi connectivity index (χ0n) is 11.3. The molecule has 1 heterocycles. The number of anilines is 1. The summed E-state index contributed by atoms with van der Waals surface area (Å²) in [6.45, 7) is 4.00. The third kappa shape index (κ3) is 2.76. The summed E-state index contributed by atoms with van der Waals surface area (Å²) in [5, 5.41) is -0.153. The first-order chi connectivity index (χ1) is 9.04. The minimum atomic E-state index is -0.405. The van der Waals surface area contributed by atoms with E-state index in [4.69, 9.17) is 0 Å². The molecule has 1 aliphatic heterocycles. The number of nitrogens with zero attached hydrogens (tertiary/aromatic N) is 1. The van der Waals surface area contributed by atoms with E-state index in [-0.39, 0.29) is 23.6 Å². The van der Waals surface area contributed by atoms with E-state index >= 15 is 0 Å². The molecule has 0 radical (unpaired) electrons. The number of benzene rings is 1. The molecule has 0 aliphatic carbocycles. The first kappa shape index (κ1) is 13.9. The minimum Gasteiger partial charge on any atom is -0.468 e. The van der Waals surface area contributed by atoms with Gasteiger partial charge < -0.3 is 4.74 Å². The second kappa shape index (κ2) is 5.65. The summed E-state index contributed by atoms with van der Waals surface area (Å²) in [6, 6.07) is 7.65. The molecule has 1 unspecified atom stereocenters. The van der Waals surface area contributed by atoms with Crippen LogP contribution < -0.4 is 4.90 Å². The molecule has 0 N–H and O–H groups in total. The number of esters is 1. The molecular weight excluding hydrogens is 262 g/mol. The Balaban J connectivity index is 2.38. The SMILES string of the molecule is COC(=O)CN1C(=O)C(C(C)C)Sc2ccccc21. The Hall–Kier alpha value is -1.49. The van der Waals surface area contributed by atoms with Crippen LogP contribution >= 0.6 is 11.8 Å². The van der Waals surface area contributed by atoms with Gasteiger partial charge in [-0.25, -0.2) is 0 Å². The number of fused-ring (bicyclic) bond motifs is 1. The number of carbonyl (C=O) groups excluding carboxylic acids is 2. The lowest BCUT2D eigenvalue weighted by Gasteiger charge is -2.34. The fourth-order valence-corrected chi connectivity index (χ4v) is 3.25. The van der Waals surface area contributed by atoms with Gasteiger partial charge in [0.1, 0.15) is 6.54 Å². The van der Waals surface area contributed by atoms with Gasteiger partial charge >= 0.3 is 5.97 Å². The van der Waals surface area contributed by atoms with Crippen LogP contribution in [0.4, 0.5) is 5.69 Å². The topological polar surface area (TPSA) is 46.6 Å². The third-order valence-corrected chi connectivity index (χ3v) is 4.64. The normalized spacial score (nSPS) is 18.4. The summed E-state index contributed by atoms with van der Waals surface area (Å²) in [5.41, 5.74) is 0.791. The smallest absolute Gasteiger partial charge is 0.325 e. The maximum atomic E-state index is 12.5. The molecule has 0 saturated carbocycles. The van der Waals surface area contributed by atoms with Crippen LogP contribution in [0.1, 0.15) is 13.8 Å². The lowest BCUT2D eigenvalue weighted by Crippen LogP contribution is -2.45. The molecule has 19 heavy (non-hydrogen) atoms. The molecule has 5 heteroatoms. The highest BCUT2D eigenvalue weighted by molar-refractivity contribution is 8.01. The quantitative estimate of drug-likeness (QED) is 0.797. The second-order valence-corrected chi connectivity index (χ2v) is 5.93. The molecule has 2 rings (SSSR count). The van der Waals surface area contributed by atoms with Gasteiger partial charge in [-0.3, -0.25) is 14.5 Å². The van der Waals surface area contributed by atoms with Gasteiger partial charge in [-0.15, -0.1) is 11.8 Å². The van der Waals surface area contributed by atoms with Gasteiger partial charge in [-0.2, -0.15) is 0 Å². The number of para-hydroxylation sites is 1. The predicted octanol–water partition coefficient (Wildman–Crippen LogP) is 2.32. The van der Waals surface area contributed by atoms with E-state index in [9.17, 15) is 9.59 Å². The van der Waals surface area contributed by atoms with E-state index in [0.29, 0.717) is 0 Å². The Labute approximate surface area is 117 Å². The van der Waals surface area contributed by atoms with E-state index in [1.807, 2.05) is 38.1 Å². The molecular formula is C14H17NO3S. The van der Waals surface area contributed by atoms with Crippen molar-refractivity contribution in [3.05, 3.63) is 24.3 Å². The number of carbonyl (C=O) groups is 2. The van der Waals surface area contributed by atoms with E-state index < -0.39 is 5.97 Å². The molecule has 0 saturated heterocycles. The fourth-order valence-electron chi connectivity index (χ4n) is 2.02. The number of rotatable bonds is 3. The summed E-state index contributed by atoms with van der Waals surface area (Å²) < 4.78 is 4.67. The Morgan fingerprint density at radius 2 is 2.11 bits per heavy atom. The average Bonchev–Trinajstić information content (AvgIpc) is 2.41.